The summed E-state index contributed by atoms with van der Waals surface area (Å²) < 4.78 is 15.9. The molecule has 7 heteroatoms. The van der Waals surface area contributed by atoms with Crippen molar-refractivity contribution < 1.29 is 4.39 Å². The number of hydrogen-bond donors (Lipinski definition) is 1. The minimum Gasteiger partial charge on any atom is -0.398 e. The number of pyridine rings is 1. The van der Waals surface area contributed by atoms with Gasteiger partial charge < -0.3 is 5.73 Å². The van der Waals surface area contributed by atoms with E-state index in [1.165, 1.54) is 33.0 Å². The van der Waals surface area contributed by atoms with Crippen molar-refractivity contribution in [1.29, 1.82) is 0 Å². The third-order valence-corrected chi connectivity index (χ3v) is 4.09. The monoisotopic (exact) mass is 304 g/mol. The van der Waals surface area contributed by atoms with Gasteiger partial charge in [-0.05, 0) is 30.3 Å². The molecule has 0 radical (unpaired) electrons. The molecule has 0 saturated heterocycles. The number of fused-ring (bicyclic) bond motifs is 1. The Morgan fingerprint density at radius 1 is 1.29 bits per heavy atom. The van der Waals surface area contributed by atoms with Crippen LogP contribution >= 0.6 is 11.8 Å². The van der Waals surface area contributed by atoms with Crippen LogP contribution in [-0.4, -0.2) is 19.9 Å². The van der Waals surface area contributed by atoms with Gasteiger partial charge in [-0.15, -0.1) is 16.9 Å². The van der Waals surface area contributed by atoms with E-state index in [0.717, 1.165) is 4.90 Å². The van der Waals surface area contributed by atoms with Crippen LogP contribution in [0.4, 0.5) is 10.1 Å². The lowest BCUT2D eigenvalue weighted by molar-refractivity contribution is 0.627. The third-order valence-electron chi connectivity index (χ3n) is 3.02. The molecule has 108 valence electrons. The fraction of sp³-hybridized carbons (Fsp3) is 0.143. The highest BCUT2D eigenvalue weighted by Crippen LogP contribution is 2.25. The summed E-state index contributed by atoms with van der Waals surface area (Å²) in [5.41, 5.74) is 6.60. The van der Waals surface area contributed by atoms with Crippen LogP contribution in [0.25, 0.3) is 5.65 Å². The molecule has 0 fully saturated rings. The van der Waals surface area contributed by atoms with E-state index in [2.05, 4.69) is 5.10 Å². The number of thioether (sulfide) groups is 1. The summed E-state index contributed by atoms with van der Waals surface area (Å²) >= 11 is 1.47. The smallest absolute Gasteiger partial charge is 0.350 e. The molecule has 0 unspecified atom stereocenters. The quantitative estimate of drug-likeness (QED) is 0.591. The first-order chi connectivity index (χ1) is 10.1. The number of rotatable bonds is 4. The Bertz CT molecular complexity index is 842. The van der Waals surface area contributed by atoms with Crippen molar-refractivity contribution in [2.75, 3.05) is 11.5 Å². The molecule has 3 aromatic rings. The predicted octanol–water partition coefficient (Wildman–Crippen LogP) is 2.01. The van der Waals surface area contributed by atoms with Crippen LogP contribution in [0.3, 0.4) is 0 Å². The van der Waals surface area contributed by atoms with E-state index in [1.54, 1.807) is 24.4 Å². The first-order valence-corrected chi connectivity index (χ1v) is 7.36. The van der Waals surface area contributed by atoms with E-state index in [0.29, 0.717) is 23.6 Å². The Kier molecular flexibility index (Phi) is 3.66. The average molecular weight is 304 g/mol. The Morgan fingerprint density at radius 2 is 2.14 bits per heavy atom. The van der Waals surface area contributed by atoms with Crippen LogP contribution < -0.4 is 11.4 Å². The molecule has 2 heterocycles. The van der Waals surface area contributed by atoms with Gasteiger partial charge in [0.05, 0.1) is 6.54 Å². The number of hydrogen-bond acceptors (Lipinski definition) is 4. The number of nitrogens with zero attached hydrogens (tertiary/aromatic N) is 3. The number of aromatic nitrogens is 3. The summed E-state index contributed by atoms with van der Waals surface area (Å²) in [6.07, 6.45) is 1.69. The number of nitrogen functional groups attached to an aromatic ring is 1. The van der Waals surface area contributed by atoms with Gasteiger partial charge in [0.25, 0.3) is 0 Å². The molecule has 0 aliphatic heterocycles. The summed E-state index contributed by atoms with van der Waals surface area (Å²) in [5.74, 6) is 0.271. The van der Waals surface area contributed by atoms with Gasteiger partial charge in [-0.1, -0.05) is 6.07 Å². The maximum Gasteiger partial charge on any atom is 0.350 e. The highest BCUT2D eigenvalue weighted by molar-refractivity contribution is 7.99. The first-order valence-electron chi connectivity index (χ1n) is 6.37. The fourth-order valence-corrected chi connectivity index (χ4v) is 2.88. The van der Waals surface area contributed by atoms with E-state index in [4.69, 9.17) is 5.73 Å². The highest BCUT2D eigenvalue weighted by Gasteiger charge is 2.06. The zero-order valence-corrected chi connectivity index (χ0v) is 11.9. The van der Waals surface area contributed by atoms with Gasteiger partial charge in [-0.2, -0.15) is 0 Å². The number of anilines is 1. The molecule has 21 heavy (non-hydrogen) atoms. The molecule has 0 saturated carbocycles. The molecular formula is C14H13FN4OS. The van der Waals surface area contributed by atoms with E-state index in [1.807, 2.05) is 6.07 Å². The van der Waals surface area contributed by atoms with Crippen molar-refractivity contribution in [3.8, 4) is 0 Å². The number of aryl methyl sites for hydroxylation is 1. The minimum atomic E-state index is -0.353. The number of benzene rings is 1. The van der Waals surface area contributed by atoms with Gasteiger partial charge in [0, 0.05) is 22.5 Å². The van der Waals surface area contributed by atoms with Gasteiger partial charge >= 0.3 is 5.69 Å². The molecular weight excluding hydrogens is 291 g/mol. The Hall–Kier alpha value is -2.28. The molecule has 0 aliphatic rings. The summed E-state index contributed by atoms with van der Waals surface area (Å²) in [6.45, 7) is 0.460. The van der Waals surface area contributed by atoms with E-state index < -0.39 is 0 Å². The fourth-order valence-electron chi connectivity index (χ4n) is 2.01. The lowest BCUT2D eigenvalue weighted by Gasteiger charge is -2.04. The Morgan fingerprint density at radius 3 is 2.90 bits per heavy atom. The molecule has 0 bridgehead atoms. The van der Waals surface area contributed by atoms with E-state index in [9.17, 15) is 9.18 Å². The largest absolute Gasteiger partial charge is 0.398 e. The van der Waals surface area contributed by atoms with Crippen molar-refractivity contribution >= 4 is 23.1 Å². The van der Waals surface area contributed by atoms with Gasteiger partial charge in [0.1, 0.15) is 5.82 Å². The van der Waals surface area contributed by atoms with Crippen molar-refractivity contribution in [3.05, 3.63) is 58.9 Å². The molecule has 0 atom stereocenters. The van der Waals surface area contributed by atoms with Crippen LogP contribution in [0, 0.1) is 5.82 Å². The van der Waals surface area contributed by atoms with Crippen molar-refractivity contribution in [2.24, 2.45) is 0 Å². The van der Waals surface area contributed by atoms with Gasteiger partial charge in [-0.3, -0.25) is 4.40 Å². The van der Waals surface area contributed by atoms with Crippen LogP contribution in [0.5, 0.6) is 0 Å². The second-order valence-corrected chi connectivity index (χ2v) is 5.60. The molecule has 5 nitrogen and oxygen atoms in total. The summed E-state index contributed by atoms with van der Waals surface area (Å²) in [4.78, 5) is 12.9. The lowest BCUT2D eigenvalue weighted by atomic mass is 10.3. The van der Waals surface area contributed by atoms with Crippen LogP contribution in [0.2, 0.25) is 0 Å². The maximum atomic E-state index is 13.0. The highest BCUT2D eigenvalue weighted by atomic mass is 32.2. The minimum absolute atomic E-state index is 0.168. The molecule has 2 aromatic heterocycles. The second-order valence-electron chi connectivity index (χ2n) is 4.47. The summed E-state index contributed by atoms with van der Waals surface area (Å²) in [5, 5.41) is 4.24. The van der Waals surface area contributed by atoms with E-state index in [-0.39, 0.29) is 11.5 Å². The van der Waals surface area contributed by atoms with Crippen LogP contribution in [0.1, 0.15) is 0 Å². The van der Waals surface area contributed by atoms with Crippen molar-refractivity contribution in [3.63, 3.8) is 0 Å². The van der Waals surface area contributed by atoms with Gasteiger partial charge in [0.2, 0.25) is 0 Å². The van der Waals surface area contributed by atoms with E-state index >= 15 is 0 Å². The van der Waals surface area contributed by atoms with Gasteiger partial charge in [0.15, 0.2) is 5.65 Å². The number of halogens is 1. The Labute approximate surface area is 124 Å². The first kappa shape index (κ1) is 13.7. The molecule has 3 rings (SSSR count). The van der Waals surface area contributed by atoms with Gasteiger partial charge in [-0.25, -0.2) is 13.9 Å². The summed E-state index contributed by atoms with van der Waals surface area (Å²) in [7, 11) is 0. The summed E-state index contributed by atoms with van der Waals surface area (Å²) in [6, 6.07) is 9.70. The lowest BCUT2D eigenvalue weighted by Crippen LogP contribution is -2.21. The third kappa shape index (κ3) is 2.78. The molecule has 0 aliphatic carbocycles. The normalized spacial score (nSPS) is 11.1. The topological polar surface area (TPSA) is 65.3 Å². The second kappa shape index (κ2) is 5.61. The van der Waals surface area contributed by atoms with Crippen LogP contribution in [-0.2, 0) is 6.54 Å². The number of nitrogens with two attached hydrogens (primary N) is 1. The molecule has 0 spiro atoms. The zero-order chi connectivity index (χ0) is 14.8. The zero-order valence-electron chi connectivity index (χ0n) is 11.1. The predicted molar refractivity (Wildman–Crippen MR) is 81.0 cm³/mol. The average Bonchev–Trinajstić information content (AvgIpc) is 2.79. The maximum absolute atomic E-state index is 13.0. The SMILES string of the molecule is Nc1cc(F)ccc1SCCn1nc2ccccn2c1=O. The molecule has 0 amide bonds. The Balaban J connectivity index is 1.72. The van der Waals surface area contributed by atoms with Crippen molar-refractivity contribution in [2.45, 2.75) is 11.4 Å². The molecule has 2 N–H and O–H groups in total. The standard InChI is InChI=1S/C14H13FN4OS/c15-10-4-5-12(11(16)9-10)21-8-7-19-14(20)18-6-2-1-3-13(18)17-19/h1-6,9H,7-8,16H2. The van der Waals surface area contributed by atoms with Crippen LogP contribution in [0.15, 0.2) is 52.3 Å². The molecule has 1 aromatic carbocycles. The van der Waals surface area contributed by atoms with Crippen molar-refractivity contribution in [1.82, 2.24) is 14.2 Å².